The Hall–Kier alpha value is -0.980. The van der Waals surface area contributed by atoms with Crippen molar-refractivity contribution >= 4 is 0 Å². The summed E-state index contributed by atoms with van der Waals surface area (Å²) in [5, 5.41) is 0. The number of ether oxygens (including phenoxy) is 1. The van der Waals surface area contributed by atoms with Crippen molar-refractivity contribution in [1.29, 1.82) is 0 Å². The standard InChI is InChI=1S/C12H18O/c1-4-5-8-13-12-9-10(2)6-7-11(12)3/h6-7,9H,4-5,8H2,1-3H3. The van der Waals surface area contributed by atoms with Gasteiger partial charge in [-0.25, -0.2) is 0 Å². The van der Waals surface area contributed by atoms with Crippen LogP contribution in [-0.2, 0) is 0 Å². The third-order valence-corrected chi connectivity index (χ3v) is 2.10. The number of benzene rings is 1. The van der Waals surface area contributed by atoms with Crippen LogP contribution in [0.3, 0.4) is 0 Å². The van der Waals surface area contributed by atoms with Crippen LogP contribution in [0.5, 0.6) is 5.75 Å². The van der Waals surface area contributed by atoms with Gasteiger partial charge in [-0.05, 0) is 37.5 Å². The smallest absolute Gasteiger partial charge is 0.122 e. The van der Waals surface area contributed by atoms with Gasteiger partial charge in [0.25, 0.3) is 0 Å². The van der Waals surface area contributed by atoms with Gasteiger partial charge in [-0.3, -0.25) is 0 Å². The molecule has 1 aromatic carbocycles. The van der Waals surface area contributed by atoms with Crippen molar-refractivity contribution in [2.24, 2.45) is 0 Å². The summed E-state index contributed by atoms with van der Waals surface area (Å²) in [4.78, 5) is 0. The molecule has 0 aromatic heterocycles. The van der Waals surface area contributed by atoms with Crippen molar-refractivity contribution in [2.75, 3.05) is 6.61 Å². The average Bonchev–Trinajstić information content (AvgIpc) is 2.11. The molecule has 0 radical (unpaired) electrons. The summed E-state index contributed by atoms with van der Waals surface area (Å²) in [5.74, 6) is 1.04. The molecule has 13 heavy (non-hydrogen) atoms. The minimum absolute atomic E-state index is 0.834. The van der Waals surface area contributed by atoms with Gasteiger partial charge in [-0.2, -0.15) is 0 Å². The summed E-state index contributed by atoms with van der Waals surface area (Å²) in [7, 11) is 0. The molecule has 0 heterocycles. The predicted octanol–water partition coefficient (Wildman–Crippen LogP) is 3.48. The molecule has 72 valence electrons. The number of hydrogen-bond acceptors (Lipinski definition) is 1. The minimum Gasteiger partial charge on any atom is -0.493 e. The van der Waals surface area contributed by atoms with Crippen LogP contribution in [0.2, 0.25) is 0 Å². The molecule has 1 nitrogen and oxygen atoms in total. The molecule has 1 rings (SSSR count). The highest BCUT2D eigenvalue weighted by atomic mass is 16.5. The molecule has 0 amide bonds. The predicted molar refractivity (Wildman–Crippen MR) is 56.3 cm³/mol. The van der Waals surface area contributed by atoms with E-state index in [1.54, 1.807) is 0 Å². The van der Waals surface area contributed by atoms with E-state index in [0.29, 0.717) is 0 Å². The van der Waals surface area contributed by atoms with Crippen molar-refractivity contribution < 1.29 is 4.74 Å². The number of unbranched alkanes of at least 4 members (excludes halogenated alkanes) is 1. The van der Waals surface area contributed by atoms with E-state index >= 15 is 0 Å². The Labute approximate surface area is 80.7 Å². The zero-order valence-corrected chi connectivity index (χ0v) is 8.76. The molecule has 0 aliphatic carbocycles. The van der Waals surface area contributed by atoms with E-state index in [0.717, 1.165) is 18.8 Å². The molecule has 0 atom stereocenters. The van der Waals surface area contributed by atoms with E-state index in [1.807, 2.05) is 0 Å². The maximum atomic E-state index is 5.66. The summed E-state index contributed by atoms with van der Waals surface area (Å²) in [6.07, 6.45) is 2.32. The highest BCUT2D eigenvalue weighted by Gasteiger charge is 1.98. The minimum atomic E-state index is 0.834. The second-order valence-electron chi connectivity index (χ2n) is 3.47. The molecular formula is C12H18O. The first-order valence-corrected chi connectivity index (χ1v) is 4.94. The molecule has 0 N–H and O–H groups in total. The fourth-order valence-electron chi connectivity index (χ4n) is 1.19. The Morgan fingerprint density at radius 2 is 2.00 bits per heavy atom. The number of hydrogen-bond donors (Lipinski definition) is 0. The van der Waals surface area contributed by atoms with E-state index in [9.17, 15) is 0 Å². The maximum absolute atomic E-state index is 5.66. The zero-order valence-electron chi connectivity index (χ0n) is 8.76. The molecule has 1 aromatic rings. The quantitative estimate of drug-likeness (QED) is 0.641. The van der Waals surface area contributed by atoms with E-state index in [-0.39, 0.29) is 0 Å². The van der Waals surface area contributed by atoms with Crippen LogP contribution in [0.15, 0.2) is 18.2 Å². The summed E-state index contributed by atoms with van der Waals surface area (Å²) >= 11 is 0. The van der Waals surface area contributed by atoms with Gasteiger partial charge in [0.05, 0.1) is 6.61 Å². The molecule has 0 bridgehead atoms. The topological polar surface area (TPSA) is 9.23 Å². The van der Waals surface area contributed by atoms with Crippen molar-refractivity contribution in [3.05, 3.63) is 29.3 Å². The van der Waals surface area contributed by atoms with Gasteiger partial charge in [0.1, 0.15) is 5.75 Å². The third-order valence-electron chi connectivity index (χ3n) is 2.10. The lowest BCUT2D eigenvalue weighted by atomic mass is 10.1. The number of rotatable bonds is 4. The third kappa shape index (κ3) is 3.10. The Morgan fingerprint density at radius 1 is 1.23 bits per heavy atom. The van der Waals surface area contributed by atoms with E-state index < -0.39 is 0 Å². The summed E-state index contributed by atoms with van der Waals surface area (Å²) in [5.41, 5.74) is 2.49. The first-order valence-electron chi connectivity index (χ1n) is 4.94. The van der Waals surface area contributed by atoms with Crippen LogP contribution in [0.1, 0.15) is 30.9 Å². The Kier molecular flexibility index (Phi) is 3.81. The molecule has 0 saturated carbocycles. The summed E-state index contributed by atoms with van der Waals surface area (Å²) < 4.78 is 5.66. The van der Waals surface area contributed by atoms with Crippen molar-refractivity contribution in [1.82, 2.24) is 0 Å². The van der Waals surface area contributed by atoms with Crippen molar-refractivity contribution in [3.63, 3.8) is 0 Å². The second kappa shape index (κ2) is 4.90. The van der Waals surface area contributed by atoms with Crippen LogP contribution in [0.25, 0.3) is 0 Å². The van der Waals surface area contributed by atoms with Gasteiger partial charge in [-0.1, -0.05) is 25.5 Å². The van der Waals surface area contributed by atoms with Gasteiger partial charge in [0.2, 0.25) is 0 Å². The zero-order chi connectivity index (χ0) is 9.68. The van der Waals surface area contributed by atoms with Gasteiger partial charge >= 0.3 is 0 Å². The fourth-order valence-corrected chi connectivity index (χ4v) is 1.19. The van der Waals surface area contributed by atoms with E-state index in [2.05, 4.69) is 39.0 Å². The average molecular weight is 178 g/mol. The first-order chi connectivity index (χ1) is 6.24. The molecule has 0 fully saturated rings. The van der Waals surface area contributed by atoms with Crippen LogP contribution < -0.4 is 4.74 Å². The molecule has 0 aliphatic heterocycles. The van der Waals surface area contributed by atoms with Crippen molar-refractivity contribution in [2.45, 2.75) is 33.6 Å². The number of aryl methyl sites for hydroxylation is 2. The van der Waals surface area contributed by atoms with Gasteiger partial charge in [-0.15, -0.1) is 0 Å². The molecular weight excluding hydrogens is 160 g/mol. The summed E-state index contributed by atoms with van der Waals surface area (Å²) in [6.45, 7) is 7.18. The normalized spacial score (nSPS) is 10.1. The van der Waals surface area contributed by atoms with Crippen LogP contribution in [0.4, 0.5) is 0 Å². The molecule has 0 aliphatic rings. The molecule has 0 saturated heterocycles. The van der Waals surface area contributed by atoms with Crippen molar-refractivity contribution in [3.8, 4) is 5.75 Å². The van der Waals surface area contributed by atoms with Gasteiger partial charge < -0.3 is 4.74 Å². The van der Waals surface area contributed by atoms with Crippen LogP contribution in [-0.4, -0.2) is 6.61 Å². The fraction of sp³-hybridized carbons (Fsp3) is 0.500. The largest absolute Gasteiger partial charge is 0.493 e. The van der Waals surface area contributed by atoms with Gasteiger partial charge in [0.15, 0.2) is 0 Å². The lowest BCUT2D eigenvalue weighted by Gasteiger charge is -2.08. The molecule has 0 unspecified atom stereocenters. The maximum Gasteiger partial charge on any atom is 0.122 e. The van der Waals surface area contributed by atoms with Gasteiger partial charge in [0, 0.05) is 0 Å². The van der Waals surface area contributed by atoms with Crippen LogP contribution in [0, 0.1) is 13.8 Å². The monoisotopic (exact) mass is 178 g/mol. The SMILES string of the molecule is CCCCOc1cc(C)ccc1C. The lowest BCUT2D eigenvalue weighted by molar-refractivity contribution is 0.307. The molecule has 1 heteroatoms. The lowest BCUT2D eigenvalue weighted by Crippen LogP contribution is -1.98. The molecule has 0 spiro atoms. The highest BCUT2D eigenvalue weighted by molar-refractivity contribution is 5.35. The Bertz CT molecular complexity index is 266. The summed E-state index contributed by atoms with van der Waals surface area (Å²) in [6, 6.07) is 6.32. The first kappa shape index (κ1) is 10.1. The Balaban J connectivity index is 2.59. The van der Waals surface area contributed by atoms with E-state index in [1.165, 1.54) is 17.5 Å². The Morgan fingerprint density at radius 3 is 2.69 bits per heavy atom. The van der Waals surface area contributed by atoms with E-state index in [4.69, 9.17) is 4.74 Å². The highest BCUT2D eigenvalue weighted by Crippen LogP contribution is 2.19. The van der Waals surface area contributed by atoms with Crippen LogP contribution >= 0.6 is 0 Å². The second-order valence-corrected chi connectivity index (χ2v) is 3.47.